The Balaban J connectivity index is 2.22. The fraction of sp³-hybridized carbons (Fsp3) is 0.667. The monoisotopic (exact) mass is 231 g/mol. The predicted molar refractivity (Wildman–Crippen MR) is 59.4 cm³/mol. The van der Waals surface area contributed by atoms with Crippen LogP contribution in [0.4, 0.5) is 0 Å². The third-order valence-electron chi connectivity index (χ3n) is 1.99. The van der Waals surface area contributed by atoms with Crippen LogP contribution in [0.3, 0.4) is 0 Å². The standard InChI is InChI=1S/C9H17N3O2S/c1-9(8-12-6-3-4-11-12)10-5-7-15(2,13)14/h3-4,6,9-10H,5,7-8H2,1-2H3. The van der Waals surface area contributed by atoms with Gasteiger partial charge >= 0.3 is 0 Å². The smallest absolute Gasteiger partial charge is 0.148 e. The maximum absolute atomic E-state index is 10.9. The van der Waals surface area contributed by atoms with Crippen LogP contribution in [0.1, 0.15) is 6.92 Å². The lowest BCUT2D eigenvalue weighted by atomic mass is 10.3. The van der Waals surface area contributed by atoms with Crippen LogP contribution in [0, 0.1) is 0 Å². The minimum absolute atomic E-state index is 0.177. The largest absolute Gasteiger partial charge is 0.311 e. The Bertz CT molecular complexity index is 372. The van der Waals surface area contributed by atoms with Gasteiger partial charge in [-0.15, -0.1) is 0 Å². The molecular weight excluding hydrogens is 214 g/mol. The van der Waals surface area contributed by atoms with Gasteiger partial charge in [-0.05, 0) is 13.0 Å². The summed E-state index contributed by atoms with van der Waals surface area (Å²) in [6, 6.07) is 2.08. The Morgan fingerprint density at radius 1 is 1.53 bits per heavy atom. The summed E-state index contributed by atoms with van der Waals surface area (Å²) in [6.45, 7) is 3.24. The molecule has 0 saturated carbocycles. The first-order valence-electron chi connectivity index (χ1n) is 4.86. The van der Waals surface area contributed by atoms with Crippen molar-refractivity contribution in [1.82, 2.24) is 15.1 Å². The fourth-order valence-electron chi connectivity index (χ4n) is 1.24. The van der Waals surface area contributed by atoms with E-state index in [4.69, 9.17) is 0 Å². The van der Waals surface area contributed by atoms with Gasteiger partial charge in [0.25, 0.3) is 0 Å². The second-order valence-electron chi connectivity index (χ2n) is 3.71. The van der Waals surface area contributed by atoms with E-state index in [-0.39, 0.29) is 11.8 Å². The molecule has 1 unspecified atom stereocenters. The van der Waals surface area contributed by atoms with E-state index in [2.05, 4.69) is 10.4 Å². The van der Waals surface area contributed by atoms with Gasteiger partial charge < -0.3 is 5.32 Å². The molecule has 0 saturated heterocycles. The highest BCUT2D eigenvalue weighted by atomic mass is 32.2. The molecule has 5 nitrogen and oxygen atoms in total. The molecule has 0 aliphatic carbocycles. The number of hydrogen-bond acceptors (Lipinski definition) is 4. The highest BCUT2D eigenvalue weighted by Crippen LogP contribution is 1.90. The molecule has 1 N–H and O–H groups in total. The highest BCUT2D eigenvalue weighted by Gasteiger charge is 2.05. The molecule has 1 aromatic rings. The van der Waals surface area contributed by atoms with Crippen LogP contribution >= 0.6 is 0 Å². The SMILES string of the molecule is CC(Cn1cccn1)NCCS(C)(=O)=O. The Morgan fingerprint density at radius 3 is 2.80 bits per heavy atom. The minimum Gasteiger partial charge on any atom is -0.311 e. The van der Waals surface area contributed by atoms with E-state index in [0.717, 1.165) is 6.54 Å². The van der Waals surface area contributed by atoms with Crippen LogP contribution in [0.25, 0.3) is 0 Å². The Kier molecular flexibility index (Phi) is 4.28. The van der Waals surface area contributed by atoms with Crippen molar-refractivity contribution in [2.24, 2.45) is 0 Å². The normalized spacial score (nSPS) is 14.0. The molecule has 0 amide bonds. The molecule has 1 rings (SSSR count). The summed E-state index contributed by atoms with van der Waals surface area (Å²) >= 11 is 0. The van der Waals surface area contributed by atoms with E-state index in [1.54, 1.807) is 6.20 Å². The van der Waals surface area contributed by atoms with Gasteiger partial charge in [-0.3, -0.25) is 4.68 Å². The number of aromatic nitrogens is 2. The number of sulfone groups is 1. The lowest BCUT2D eigenvalue weighted by Crippen LogP contribution is -2.34. The molecule has 6 heteroatoms. The second-order valence-corrected chi connectivity index (χ2v) is 5.97. The minimum atomic E-state index is -2.87. The van der Waals surface area contributed by atoms with E-state index in [1.807, 2.05) is 23.9 Å². The first-order chi connectivity index (χ1) is 6.97. The number of nitrogens with zero attached hydrogens (tertiary/aromatic N) is 2. The number of nitrogens with one attached hydrogen (secondary N) is 1. The van der Waals surface area contributed by atoms with Crippen LogP contribution in [-0.2, 0) is 16.4 Å². The van der Waals surface area contributed by atoms with E-state index in [0.29, 0.717) is 6.54 Å². The van der Waals surface area contributed by atoms with E-state index in [1.165, 1.54) is 6.26 Å². The quantitative estimate of drug-likeness (QED) is 0.743. The summed E-state index contributed by atoms with van der Waals surface area (Å²) in [5, 5.41) is 7.21. The molecule has 0 radical (unpaired) electrons. The summed E-state index contributed by atoms with van der Waals surface area (Å²) in [7, 11) is -2.87. The maximum atomic E-state index is 10.9. The molecule has 1 aromatic heterocycles. The van der Waals surface area contributed by atoms with Gasteiger partial charge in [0.2, 0.25) is 0 Å². The molecule has 15 heavy (non-hydrogen) atoms. The molecule has 0 aliphatic heterocycles. The van der Waals surface area contributed by atoms with Crippen LogP contribution in [0.5, 0.6) is 0 Å². The molecule has 86 valence electrons. The molecule has 0 spiro atoms. The van der Waals surface area contributed by atoms with Gasteiger partial charge in [-0.25, -0.2) is 8.42 Å². The zero-order valence-corrected chi connectivity index (χ0v) is 9.87. The van der Waals surface area contributed by atoms with Crippen molar-refractivity contribution in [2.45, 2.75) is 19.5 Å². The van der Waals surface area contributed by atoms with Gasteiger partial charge in [0.05, 0.1) is 12.3 Å². The molecule has 0 fully saturated rings. The Hall–Kier alpha value is -0.880. The summed E-state index contributed by atoms with van der Waals surface area (Å²) in [5.41, 5.74) is 0. The first-order valence-corrected chi connectivity index (χ1v) is 6.92. The second kappa shape index (κ2) is 5.27. The lowest BCUT2D eigenvalue weighted by molar-refractivity contribution is 0.461. The summed E-state index contributed by atoms with van der Waals surface area (Å²) in [5.74, 6) is 0.177. The summed E-state index contributed by atoms with van der Waals surface area (Å²) < 4.78 is 23.6. The van der Waals surface area contributed by atoms with Gasteiger partial charge in [-0.1, -0.05) is 0 Å². The van der Waals surface area contributed by atoms with Crippen molar-refractivity contribution in [3.05, 3.63) is 18.5 Å². The predicted octanol–water partition coefficient (Wildman–Crippen LogP) is -0.0942. The van der Waals surface area contributed by atoms with Crippen LogP contribution in [-0.4, -0.2) is 42.8 Å². The average molecular weight is 231 g/mol. The molecule has 1 atom stereocenters. The Morgan fingerprint density at radius 2 is 2.27 bits per heavy atom. The zero-order chi connectivity index (χ0) is 11.3. The third-order valence-corrected chi connectivity index (χ3v) is 2.93. The third kappa shape index (κ3) is 5.54. The van der Waals surface area contributed by atoms with E-state index < -0.39 is 9.84 Å². The highest BCUT2D eigenvalue weighted by molar-refractivity contribution is 7.90. The average Bonchev–Trinajstić information content (AvgIpc) is 2.54. The lowest BCUT2D eigenvalue weighted by Gasteiger charge is -2.13. The summed E-state index contributed by atoms with van der Waals surface area (Å²) in [6.07, 6.45) is 4.85. The van der Waals surface area contributed by atoms with Crippen molar-refractivity contribution in [3.8, 4) is 0 Å². The van der Waals surface area contributed by atoms with Crippen molar-refractivity contribution >= 4 is 9.84 Å². The molecule has 0 aliphatic rings. The summed E-state index contributed by atoms with van der Waals surface area (Å²) in [4.78, 5) is 0. The fourth-order valence-corrected chi connectivity index (χ4v) is 1.73. The van der Waals surface area contributed by atoms with Gasteiger partial charge in [-0.2, -0.15) is 5.10 Å². The molecule has 0 aromatic carbocycles. The van der Waals surface area contributed by atoms with Crippen LogP contribution in [0.15, 0.2) is 18.5 Å². The number of hydrogen-bond donors (Lipinski definition) is 1. The van der Waals surface area contributed by atoms with Crippen LogP contribution in [0.2, 0.25) is 0 Å². The topological polar surface area (TPSA) is 64.0 Å². The Labute approximate surface area is 90.4 Å². The van der Waals surface area contributed by atoms with E-state index in [9.17, 15) is 8.42 Å². The van der Waals surface area contributed by atoms with Crippen LogP contribution < -0.4 is 5.32 Å². The zero-order valence-electron chi connectivity index (χ0n) is 9.05. The van der Waals surface area contributed by atoms with Crippen molar-refractivity contribution < 1.29 is 8.42 Å². The molecule has 1 heterocycles. The van der Waals surface area contributed by atoms with E-state index >= 15 is 0 Å². The van der Waals surface area contributed by atoms with Gasteiger partial charge in [0.15, 0.2) is 0 Å². The van der Waals surface area contributed by atoms with Gasteiger partial charge in [0.1, 0.15) is 9.84 Å². The maximum Gasteiger partial charge on any atom is 0.148 e. The van der Waals surface area contributed by atoms with Crippen molar-refractivity contribution in [2.75, 3.05) is 18.6 Å². The molecular formula is C9H17N3O2S. The van der Waals surface area contributed by atoms with Gasteiger partial charge in [0, 0.05) is 31.2 Å². The number of rotatable bonds is 6. The van der Waals surface area contributed by atoms with Crippen molar-refractivity contribution in [3.63, 3.8) is 0 Å². The first kappa shape index (κ1) is 12.2. The molecule has 0 bridgehead atoms. The van der Waals surface area contributed by atoms with Crippen molar-refractivity contribution in [1.29, 1.82) is 0 Å².